The summed E-state index contributed by atoms with van der Waals surface area (Å²) in [6.45, 7) is 4.71. The molecule has 0 radical (unpaired) electrons. The fourth-order valence-electron chi connectivity index (χ4n) is 10.6. The summed E-state index contributed by atoms with van der Waals surface area (Å²) in [5, 5.41) is 10.6. The zero-order chi connectivity index (χ0) is 74.6. The predicted molar refractivity (Wildman–Crippen MR) is 418 cm³/mol. The van der Waals surface area contributed by atoms with Crippen LogP contribution in [0.25, 0.3) is 0 Å². The summed E-state index contributed by atoms with van der Waals surface area (Å²) in [6, 6.07) is 0. The second-order valence-electron chi connectivity index (χ2n) is 26.7. The molecule has 0 aromatic rings. The van der Waals surface area contributed by atoms with E-state index < -0.39 is 97.5 Å². The van der Waals surface area contributed by atoms with Gasteiger partial charge in [0.05, 0.1) is 26.4 Å². The third-order valence-corrected chi connectivity index (χ3v) is 18.6. The molecule has 2 unspecified atom stereocenters. The van der Waals surface area contributed by atoms with Crippen LogP contribution in [0.5, 0.6) is 0 Å². The Kier molecular flexibility index (Phi) is 71.8. The summed E-state index contributed by atoms with van der Waals surface area (Å²) < 4.78 is 68.5. The molecule has 0 saturated heterocycles. The molecule has 0 aliphatic carbocycles. The second kappa shape index (κ2) is 75.0. The monoisotopic (exact) mass is 1470 g/mol. The number of allylic oxidation sites excluding steroid dienone is 18. The molecule has 0 fully saturated rings. The highest BCUT2D eigenvalue weighted by Gasteiger charge is 2.30. The van der Waals surface area contributed by atoms with E-state index in [1.807, 2.05) is 18.2 Å². The zero-order valence-electron chi connectivity index (χ0n) is 64.3. The van der Waals surface area contributed by atoms with Crippen molar-refractivity contribution in [3.63, 3.8) is 0 Å². The molecule has 17 nitrogen and oxygen atoms in total. The Labute approximate surface area is 619 Å². The van der Waals surface area contributed by atoms with E-state index in [0.717, 1.165) is 141 Å². The lowest BCUT2D eigenvalue weighted by atomic mass is 10.0. The van der Waals surface area contributed by atoms with Crippen molar-refractivity contribution in [1.29, 1.82) is 0 Å². The fourth-order valence-corrected chi connectivity index (χ4v) is 12.1. The van der Waals surface area contributed by atoms with Crippen molar-refractivity contribution >= 4 is 39.5 Å². The number of ether oxygens (including phenoxy) is 4. The summed E-state index contributed by atoms with van der Waals surface area (Å²) in [4.78, 5) is 72.9. The largest absolute Gasteiger partial charge is 0.472 e. The number of esters is 4. The Morgan fingerprint density at radius 3 is 0.814 bits per heavy atom. The Morgan fingerprint density at radius 2 is 0.500 bits per heavy atom. The van der Waals surface area contributed by atoms with Gasteiger partial charge in [0, 0.05) is 25.7 Å². The summed E-state index contributed by atoms with van der Waals surface area (Å²) in [5.74, 6) is -2.29. The van der Waals surface area contributed by atoms with E-state index >= 15 is 0 Å². The molecule has 3 N–H and O–H groups in total. The number of carbonyl (C=O) groups is 4. The fraction of sp³-hybridized carbons (Fsp3) is 0.735. The minimum absolute atomic E-state index is 0.0279. The molecule has 0 aromatic heterocycles. The smallest absolute Gasteiger partial charge is 0.462 e. The maximum atomic E-state index is 13.1. The third-order valence-electron chi connectivity index (χ3n) is 16.7. The van der Waals surface area contributed by atoms with Crippen molar-refractivity contribution in [3.8, 4) is 0 Å². The first-order valence-electron chi connectivity index (χ1n) is 40.1. The summed E-state index contributed by atoms with van der Waals surface area (Å²) in [7, 11) is -9.98. The Bertz CT molecular complexity index is 2360. The first kappa shape index (κ1) is 97.7. The molecule has 0 rings (SSSR count). The minimum Gasteiger partial charge on any atom is -0.462 e. The third kappa shape index (κ3) is 74.0. The van der Waals surface area contributed by atoms with E-state index in [4.69, 9.17) is 37.0 Å². The van der Waals surface area contributed by atoms with Crippen LogP contribution in [-0.4, -0.2) is 96.7 Å². The van der Waals surface area contributed by atoms with Crippen LogP contribution in [0.2, 0.25) is 0 Å². The van der Waals surface area contributed by atoms with Gasteiger partial charge in [0.25, 0.3) is 0 Å². The SMILES string of the molecule is CCCCC/C=C\C/C=C\C/C=C\C/C=C\C/C=C\CCC(=O)O[C@H](COC(=O)CCCCCCCCCCCCCCC)COP(=O)(O)OC[C@H](O)COP(=O)(O)OC[C@@H](COC(=O)CCCCCCC/C=C\C/C=C\CCCCC)OC(=O)CCCCCCC/C=C\C/C=C\CCCCC. The number of unbranched alkanes of at least 4 members (excludes halogenated alkanes) is 31. The topological polar surface area (TPSA) is 237 Å². The number of hydrogen-bond acceptors (Lipinski definition) is 15. The van der Waals surface area contributed by atoms with Gasteiger partial charge in [0.1, 0.15) is 19.3 Å². The summed E-state index contributed by atoms with van der Waals surface area (Å²) in [6.07, 6.45) is 80.8. The van der Waals surface area contributed by atoms with E-state index in [0.29, 0.717) is 32.1 Å². The molecular weight excluding hydrogens is 1330 g/mol. The average Bonchev–Trinajstić information content (AvgIpc) is 0.924. The van der Waals surface area contributed by atoms with E-state index in [2.05, 4.69) is 119 Å². The summed E-state index contributed by atoms with van der Waals surface area (Å²) in [5.41, 5.74) is 0. The maximum Gasteiger partial charge on any atom is 0.472 e. The molecule has 588 valence electrons. The highest BCUT2D eigenvalue weighted by Crippen LogP contribution is 2.45. The van der Waals surface area contributed by atoms with Crippen molar-refractivity contribution in [3.05, 3.63) is 109 Å². The van der Waals surface area contributed by atoms with Crippen molar-refractivity contribution in [2.45, 2.75) is 354 Å². The van der Waals surface area contributed by atoms with Gasteiger partial charge >= 0.3 is 39.5 Å². The van der Waals surface area contributed by atoms with Crippen molar-refractivity contribution in [2.75, 3.05) is 39.6 Å². The van der Waals surface area contributed by atoms with Gasteiger partial charge < -0.3 is 33.8 Å². The molecule has 0 bridgehead atoms. The number of phosphoric ester groups is 2. The minimum atomic E-state index is -5.00. The van der Waals surface area contributed by atoms with Gasteiger partial charge in [-0.15, -0.1) is 0 Å². The Balaban J connectivity index is 5.44. The molecule has 0 aliphatic heterocycles. The van der Waals surface area contributed by atoms with Gasteiger partial charge in [0.2, 0.25) is 0 Å². The second-order valence-corrected chi connectivity index (χ2v) is 29.6. The molecule has 19 heteroatoms. The number of aliphatic hydroxyl groups excluding tert-OH is 1. The number of carbonyl (C=O) groups excluding carboxylic acids is 4. The standard InChI is InChI=1S/C83H144O17P2/c1-5-9-13-17-21-25-29-33-36-37-38-39-42-46-50-54-58-62-66-70-83(88)100-78(73-93-80(85)67-63-59-55-51-47-43-32-28-24-20-16-12-8-4)75-97-101(89,90)95-71-77(84)72-96-102(91,92)98-76-79(99-82(87)69-65-61-57-53-49-45-41-35-31-27-23-19-15-11-7-3)74-94-81(86)68-64-60-56-52-48-44-40-34-30-26-22-18-14-10-6-2/h21-23,25-27,33-36,38-41,46,50,58,62,77-79,84H,5-20,24,28-32,37,42-45,47-49,51-57,59-61,63-76H2,1-4H3,(H,89,90)(H,91,92)/b25-21-,26-22-,27-23-,36-33-,39-38-,40-34-,41-35-,50-46-,62-58-/t77-,78+,79+/m0/s1. The van der Waals surface area contributed by atoms with Crippen molar-refractivity contribution in [2.24, 2.45) is 0 Å². The molecule has 102 heavy (non-hydrogen) atoms. The molecule has 0 heterocycles. The normalized spacial score (nSPS) is 14.5. The molecule has 0 aromatic carbocycles. The van der Waals surface area contributed by atoms with Crippen LogP contribution < -0.4 is 0 Å². The maximum absolute atomic E-state index is 13.1. The van der Waals surface area contributed by atoms with Gasteiger partial charge in [-0.25, -0.2) is 9.13 Å². The summed E-state index contributed by atoms with van der Waals surface area (Å²) >= 11 is 0. The van der Waals surface area contributed by atoms with Crippen molar-refractivity contribution < 1.29 is 80.2 Å². The molecular formula is C83H144O17P2. The van der Waals surface area contributed by atoms with Crippen molar-refractivity contribution in [1.82, 2.24) is 0 Å². The first-order valence-corrected chi connectivity index (χ1v) is 43.1. The number of phosphoric acid groups is 2. The number of hydrogen-bond donors (Lipinski definition) is 3. The van der Waals surface area contributed by atoms with Gasteiger partial charge in [-0.2, -0.15) is 0 Å². The lowest BCUT2D eigenvalue weighted by molar-refractivity contribution is -0.161. The van der Waals surface area contributed by atoms with Gasteiger partial charge in [0.15, 0.2) is 12.2 Å². The van der Waals surface area contributed by atoms with Crippen LogP contribution in [0.1, 0.15) is 336 Å². The molecule has 0 aliphatic rings. The van der Waals surface area contributed by atoms with E-state index in [1.54, 1.807) is 0 Å². The van der Waals surface area contributed by atoms with Crippen LogP contribution >= 0.6 is 15.6 Å². The van der Waals surface area contributed by atoms with Crippen LogP contribution in [0, 0.1) is 0 Å². The van der Waals surface area contributed by atoms with E-state index in [1.165, 1.54) is 109 Å². The molecule has 5 atom stereocenters. The van der Waals surface area contributed by atoms with E-state index in [9.17, 15) is 43.2 Å². The predicted octanol–water partition coefficient (Wildman–Crippen LogP) is 23.3. The zero-order valence-corrected chi connectivity index (χ0v) is 66.0. The van der Waals surface area contributed by atoms with Crippen LogP contribution in [0.15, 0.2) is 109 Å². The molecule has 0 amide bonds. The van der Waals surface area contributed by atoms with E-state index in [-0.39, 0.29) is 25.7 Å². The first-order chi connectivity index (χ1) is 49.7. The quantitative estimate of drug-likeness (QED) is 0.0169. The van der Waals surface area contributed by atoms with Gasteiger partial charge in [-0.3, -0.25) is 37.3 Å². The Hall–Kier alpha value is -4.28. The van der Waals surface area contributed by atoms with Crippen LogP contribution in [0.3, 0.4) is 0 Å². The highest BCUT2D eigenvalue weighted by atomic mass is 31.2. The van der Waals surface area contributed by atoms with Gasteiger partial charge in [-0.1, -0.05) is 291 Å². The number of rotatable bonds is 75. The van der Waals surface area contributed by atoms with Crippen LogP contribution in [-0.2, 0) is 65.4 Å². The van der Waals surface area contributed by atoms with Gasteiger partial charge in [-0.05, 0) is 128 Å². The molecule has 0 spiro atoms. The number of aliphatic hydroxyl groups is 1. The average molecular weight is 1480 g/mol. The lowest BCUT2D eigenvalue weighted by Crippen LogP contribution is -2.30. The Morgan fingerprint density at radius 1 is 0.275 bits per heavy atom. The van der Waals surface area contributed by atoms with Crippen LogP contribution in [0.4, 0.5) is 0 Å². The lowest BCUT2D eigenvalue weighted by Gasteiger charge is -2.21. The molecule has 0 saturated carbocycles. The highest BCUT2D eigenvalue weighted by molar-refractivity contribution is 7.47.